The van der Waals surface area contributed by atoms with Crippen molar-refractivity contribution in [1.82, 2.24) is 10.2 Å². The van der Waals surface area contributed by atoms with Crippen LogP contribution in [0.25, 0.3) is 10.6 Å². The Hall–Kier alpha value is -1.95. The molecule has 1 aromatic carbocycles. The Kier molecular flexibility index (Phi) is 4.81. The summed E-state index contributed by atoms with van der Waals surface area (Å²) in [6, 6.07) is 7.62. The van der Waals surface area contributed by atoms with Crippen LogP contribution in [0.5, 0.6) is 5.75 Å². The fourth-order valence-electron chi connectivity index (χ4n) is 1.88. The number of benzene rings is 1. The van der Waals surface area contributed by atoms with Crippen LogP contribution in [0, 0.1) is 5.41 Å². The maximum Gasteiger partial charge on any atom is 0.229 e. The summed E-state index contributed by atoms with van der Waals surface area (Å²) in [5.41, 5.74) is 0.913. The van der Waals surface area contributed by atoms with Crippen molar-refractivity contribution in [1.29, 1.82) is 0 Å². The monoisotopic (exact) mass is 319 g/mol. The number of hydrogen-bond acceptors (Lipinski definition) is 5. The molecule has 2 rings (SSSR count). The number of carbonyl (C=O) groups is 1. The number of aromatic nitrogens is 2. The van der Waals surface area contributed by atoms with Gasteiger partial charge in [-0.2, -0.15) is 0 Å². The first kappa shape index (κ1) is 16.4. The molecule has 0 spiro atoms. The zero-order chi connectivity index (χ0) is 16.3. The SMILES string of the molecule is COc1ccc(-c2nnc(N(C)C(=O)CC(C)(C)C)s2)cc1. The number of hydrogen-bond donors (Lipinski definition) is 0. The van der Waals surface area contributed by atoms with Crippen LogP contribution < -0.4 is 9.64 Å². The molecule has 0 aliphatic carbocycles. The number of carbonyl (C=O) groups excluding carboxylic acids is 1. The zero-order valence-electron chi connectivity index (χ0n) is 13.6. The van der Waals surface area contributed by atoms with E-state index >= 15 is 0 Å². The number of anilines is 1. The molecular weight excluding hydrogens is 298 g/mol. The van der Waals surface area contributed by atoms with Gasteiger partial charge < -0.3 is 4.74 Å². The van der Waals surface area contributed by atoms with Crippen LogP contribution in [0.15, 0.2) is 24.3 Å². The van der Waals surface area contributed by atoms with Gasteiger partial charge in [0.1, 0.15) is 10.8 Å². The van der Waals surface area contributed by atoms with Gasteiger partial charge in [-0.3, -0.25) is 9.69 Å². The minimum atomic E-state index is -0.0468. The molecule has 2 aromatic rings. The molecule has 0 aliphatic heterocycles. The molecule has 0 bridgehead atoms. The van der Waals surface area contributed by atoms with Gasteiger partial charge in [-0.05, 0) is 29.7 Å². The summed E-state index contributed by atoms with van der Waals surface area (Å²) in [5.74, 6) is 0.843. The Morgan fingerprint density at radius 3 is 2.41 bits per heavy atom. The lowest BCUT2D eigenvalue weighted by Crippen LogP contribution is -2.29. The fraction of sp³-hybridized carbons (Fsp3) is 0.438. The summed E-state index contributed by atoms with van der Waals surface area (Å²) in [5, 5.41) is 9.70. The lowest BCUT2D eigenvalue weighted by Gasteiger charge is -2.21. The smallest absolute Gasteiger partial charge is 0.229 e. The van der Waals surface area contributed by atoms with Crippen molar-refractivity contribution in [3.8, 4) is 16.3 Å². The molecule has 6 heteroatoms. The molecule has 0 fully saturated rings. The molecule has 0 saturated carbocycles. The predicted molar refractivity (Wildman–Crippen MR) is 89.4 cm³/mol. The normalized spacial score (nSPS) is 11.3. The minimum Gasteiger partial charge on any atom is -0.497 e. The number of rotatable bonds is 4. The molecule has 1 aromatic heterocycles. The quantitative estimate of drug-likeness (QED) is 0.864. The Morgan fingerprint density at radius 1 is 1.23 bits per heavy atom. The summed E-state index contributed by atoms with van der Waals surface area (Å²) in [7, 11) is 3.38. The van der Waals surface area contributed by atoms with Crippen LogP contribution in [-0.4, -0.2) is 30.3 Å². The van der Waals surface area contributed by atoms with E-state index in [0.29, 0.717) is 11.6 Å². The first-order chi connectivity index (χ1) is 10.3. The van der Waals surface area contributed by atoms with E-state index in [0.717, 1.165) is 16.3 Å². The topological polar surface area (TPSA) is 55.3 Å². The highest BCUT2D eigenvalue weighted by molar-refractivity contribution is 7.18. The van der Waals surface area contributed by atoms with Crippen LogP contribution in [0.2, 0.25) is 0 Å². The van der Waals surface area contributed by atoms with Gasteiger partial charge in [0.15, 0.2) is 0 Å². The lowest BCUT2D eigenvalue weighted by atomic mass is 9.92. The maximum absolute atomic E-state index is 12.2. The number of nitrogens with zero attached hydrogens (tertiary/aromatic N) is 3. The summed E-state index contributed by atoms with van der Waals surface area (Å²) in [6.07, 6.45) is 0.473. The van der Waals surface area contributed by atoms with Crippen LogP contribution in [0.3, 0.4) is 0 Å². The number of ether oxygens (including phenoxy) is 1. The van der Waals surface area contributed by atoms with E-state index in [9.17, 15) is 4.79 Å². The van der Waals surface area contributed by atoms with E-state index in [2.05, 4.69) is 10.2 Å². The average molecular weight is 319 g/mol. The average Bonchev–Trinajstić information content (AvgIpc) is 2.94. The summed E-state index contributed by atoms with van der Waals surface area (Å²) in [6.45, 7) is 6.13. The number of amides is 1. The van der Waals surface area contributed by atoms with E-state index in [4.69, 9.17) is 4.74 Å². The van der Waals surface area contributed by atoms with Gasteiger partial charge >= 0.3 is 0 Å². The van der Waals surface area contributed by atoms with Gasteiger partial charge in [0, 0.05) is 19.0 Å². The highest BCUT2D eigenvalue weighted by Crippen LogP contribution is 2.30. The third-order valence-corrected chi connectivity index (χ3v) is 4.14. The van der Waals surface area contributed by atoms with Gasteiger partial charge in [-0.15, -0.1) is 10.2 Å². The third kappa shape index (κ3) is 4.04. The van der Waals surface area contributed by atoms with E-state index in [1.54, 1.807) is 19.1 Å². The van der Waals surface area contributed by atoms with E-state index in [1.807, 2.05) is 45.0 Å². The van der Waals surface area contributed by atoms with Gasteiger partial charge in [0.25, 0.3) is 0 Å². The van der Waals surface area contributed by atoms with Crippen molar-refractivity contribution >= 4 is 22.4 Å². The lowest BCUT2D eigenvalue weighted by molar-refractivity contribution is -0.120. The van der Waals surface area contributed by atoms with Crippen molar-refractivity contribution in [2.45, 2.75) is 27.2 Å². The molecule has 0 unspecified atom stereocenters. The number of methoxy groups -OCH3 is 1. The van der Waals surface area contributed by atoms with Crippen LogP contribution in [-0.2, 0) is 4.79 Å². The standard InChI is InChI=1S/C16H21N3O2S/c1-16(2,3)10-13(20)19(4)15-18-17-14(22-15)11-6-8-12(21-5)9-7-11/h6-9H,10H2,1-5H3. The molecule has 1 amide bonds. The van der Waals surface area contributed by atoms with Crippen molar-refractivity contribution < 1.29 is 9.53 Å². The Balaban J connectivity index is 2.14. The minimum absolute atomic E-state index is 0.0462. The molecule has 0 radical (unpaired) electrons. The second-order valence-corrected chi connectivity index (χ2v) is 7.26. The van der Waals surface area contributed by atoms with Crippen molar-refractivity contribution in [3.63, 3.8) is 0 Å². The molecule has 0 N–H and O–H groups in total. The van der Waals surface area contributed by atoms with Crippen molar-refractivity contribution in [2.24, 2.45) is 5.41 Å². The van der Waals surface area contributed by atoms with Crippen molar-refractivity contribution in [3.05, 3.63) is 24.3 Å². The van der Waals surface area contributed by atoms with Crippen molar-refractivity contribution in [2.75, 3.05) is 19.1 Å². The third-order valence-electron chi connectivity index (χ3n) is 3.09. The molecular formula is C16H21N3O2S. The second-order valence-electron chi connectivity index (χ2n) is 6.31. The first-order valence-corrected chi connectivity index (χ1v) is 7.86. The second kappa shape index (κ2) is 6.44. The van der Waals surface area contributed by atoms with E-state index in [1.165, 1.54) is 11.3 Å². The van der Waals surface area contributed by atoms with Gasteiger partial charge in [0.05, 0.1) is 7.11 Å². The molecule has 1 heterocycles. The van der Waals surface area contributed by atoms with Crippen LogP contribution in [0.1, 0.15) is 27.2 Å². The fourth-order valence-corrected chi connectivity index (χ4v) is 2.71. The summed E-state index contributed by atoms with van der Waals surface area (Å²) in [4.78, 5) is 13.8. The molecule has 5 nitrogen and oxygen atoms in total. The highest BCUT2D eigenvalue weighted by Gasteiger charge is 2.22. The zero-order valence-corrected chi connectivity index (χ0v) is 14.4. The Morgan fingerprint density at radius 2 is 1.86 bits per heavy atom. The maximum atomic E-state index is 12.2. The molecule has 22 heavy (non-hydrogen) atoms. The van der Waals surface area contributed by atoms with Crippen LogP contribution in [0.4, 0.5) is 5.13 Å². The van der Waals surface area contributed by atoms with E-state index in [-0.39, 0.29) is 11.3 Å². The predicted octanol–water partition coefficient (Wildman–Crippen LogP) is 3.61. The van der Waals surface area contributed by atoms with Crippen LogP contribution >= 0.6 is 11.3 Å². The van der Waals surface area contributed by atoms with Gasteiger partial charge in [-0.25, -0.2) is 0 Å². The Labute approximate surface area is 134 Å². The molecule has 0 aliphatic rings. The highest BCUT2D eigenvalue weighted by atomic mass is 32.1. The molecule has 0 saturated heterocycles. The Bertz CT molecular complexity index is 644. The first-order valence-electron chi connectivity index (χ1n) is 7.04. The largest absolute Gasteiger partial charge is 0.497 e. The summed E-state index contributed by atoms with van der Waals surface area (Å²) >= 11 is 1.40. The van der Waals surface area contributed by atoms with E-state index < -0.39 is 0 Å². The van der Waals surface area contributed by atoms with Gasteiger partial charge in [-0.1, -0.05) is 32.1 Å². The molecule has 118 valence electrons. The van der Waals surface area contributed by atoms with Gasteiger partial charge in [0.2, 0.25) is 11.0 Å². The molecule has 0 atom stereocenters. The summed E-state index contributed by atoms with van der Waals surface area (Å²) < 4.78 is 5.14.